The topological polar surface area (TPSA) is 68.3 Å². The molecular weight excluding hydrogens is 320 g/mol. The normalized spacial score (nSPS) is 10.1. The predicted octanol–water partition coefficient (Wildman–Crippen LogP) is 3.32. The van der Waals surface area contributed by atoms with Crippen LogP contribution in [-0.2, 0) is 6.61 Å². The van der Waals surface area contributed by atoms with E-state index in [1.165, 1.54) is 0 Å². The molecule has 0 saturated heterocycles. The van der Waals surface area contributed by atoms with Gasteiger partial charge in [0.1, 0.15) is 23.9 Å². The highest BCUT2D eigenvalue weighted by molar-refractivity contribution is 9.10. The van der Waals surface area contributed by atoms with Gasteiger partial charge in [-0.2, -0.15) is 0 Å². The van der Waals surface area contributed by atoms with Crippen LogP contribution in [0.3, 0.4) is 0 Å². The maximum atomic E-state index is 7.38. The molecule has 0 saturated carbocycles. The number of nitrogen functional groups attached to an aromatic ring is 1. The van der Waals surface area contributed by atoms with Crippen LogP contribution in [0.25, 0.3) is 0 Å². The Morgan fingerprint density at radius 3 is 2.45 bits per heavy atom. The molecule has 0 atom stereocenters. The quantitative estimate of drug-likeness (QED) is 0.651. The number of amidine groups is 1. The van der Waals surface area contributed by atoms with Gasteiger partial charge in [-0.1, -0.05) is 12.1 Å². The van der Waals surface area contributed by atoms with Gasteiger partial charge in [0.25, 0.3) is 0 Å². The first-order valence-electron chi connectivity index (χ1n) is 6.00. The summed E-state index contributed by atoms with van der Waals surface area (Å²) in [6, 6.07) is 13.0. The zero-order valence-electron chi connectivity index (χ0n) is 11.0. The van der Waals surface area contributed by atoms with Crippen LogP contribution in [0.5, 0.6) is 11.5 Å². The van der Waals surface area contributed by atoms with E-state index in [1.54, 1.807) is 25.3 Å². The van der Waals surface area contributed by atoms with Gasteiger partial charge in [-0.25, -0.2) is 0 Å². The molecule has 104 valence electrons. The number of hydrogen-bond acceptors (Lipinski definition) is 3. The smallest absolute Gasteiger partial charge is 0.134 e. The second-order valence-corrected chi connectivity index (χ2v) is 5.05. The van der Waals surface area contributed by atoms with Gasteiger partial charge in [0.05, 0.1) is 11.6 Å². The van der Waals surface area contributed by atoms with E-state index < -0.39 is 0 Å². The Balaban J connectivity index is 2.04. The average Bonchev–Trinajstić information content (AvgIpc) is 2.46. The third-order valence-corrected chi connectivity index (χ3v) is 3.42. The molecule has 2 rings (SSSR count). The minimum atomic E-state index is 0.0346. The Kier molecular flexibility index (Phi) is 4.63. The lowest BCUT2D eigenvalue weighted by Gasteiger charge is -2.10. The third kappa shape index (κ3) is 3.51. The molecule has 5 heteroatoms. The summed E-state index contributed by atoms with van der Waals surface area (Å²) in [4.78, 5) is 0. The first kappa shape index (κ1) is 14.4. The molecule has 0 aliphatic carbocycles. The maximum absolute atomic E-state index is 7.38. The second-order valence-electron chi connectivity index (χ2n) is 4.20. The molecule has 0 fully saturated rings. The second kappa shape index (κ2) is 6.43. The Hall–Kier alpha value is -2.01. The van der Waals surface area contributed by atoms with Crippen molar-refractivity contribution < 1.29 is 9.47 Å². The van der Waals surface area contributed by atoms with Crippen molar-refractivity contribution in [3.8, 4) is 11.5 Å². The highest BCUT2D eigenvalue weighted by Crippen LogP contribution is 2.26. The summed E-state index contributed by atoms with van der Waals surface area (Å²) in [6.45, 7) is 0.460. The predicted molar refractivity (Wildman–Crippen MR) is 82.5 cm³/mol. The van der Waals surface area contributed by atoms with Crippen LogP contribution in [0, 0.1) is 5.41 Å². The molecule has 2 aromatic rings. The lowest BCUT2D eigenvalue weighted by atomic mass is 10.2. The van der Waals surface area contributed by atoms with Crippen molar-refractivity contribution in [3.63, 3.8) is 0 Å². The summed E-state index contributed by atoms with van der Waals surface area (Å²) < 4.78 is 11.6. The Bertz CT molecular complexity index is 612. The van der Waals surface area contributed by atoms with E-state index in [-0.39, 0.29) is 5.84 Å². The summed E-state index contributed by atoms with van der Waals surface area (Å²) in [5, 5.41) is 7.38. The number of nitrogens with two attached hydrogens (primary N) is 1. The number of rotatable bonds is 5. The molecule has 0 spiro atoms. The Morgan fingerprint density at radius 1 is 1.20 bits per heavy atom. The summed E-state index contributed by atoms with van der Waals surface area (Å²) >= 11 is 3.41. The molecule has 0 radical (unpaired) electrons. The molecular formula is C15H15BrN2O2. The zero-order valence-corrected chi connectivity index (χ0v) is 12.6. The van der Waals surface area contributed by atoms with Gasteiger partial charge in [-0.05, 0) is 51.8 Å². The SMILES string of the molecule is COc1ccc(COc2ccc(C(=N)N)cc2Br)cc1. The van der Waals surface area contributed by atoms with Crippen LogP contribution in [-0.4, -0.2) is 12.9 Å². The van der Waals surface area contributed by atoms with Crippen LogP contribution in [0.4, 0.5) is 0 Å². The van der Waals surface area contributed by atoms with Crippen LogP contribution >= 0.6 is 15.9 Å². The van der Waals surface area contributed by atoms with Gasteiger partial charge in [-0.15, -0.1) is 0 Å². The van der Waals surface area contributed by atoms with E-state index in [4.69, 9.17) is 20.6 Å². The fourth-order valence-corrected chi connectivity index (χ4v) is 2.16. The fraction of sp³-hybridized carbons (Fsp3) is 0.133. The number of hydrogen-bond donors (Lipinski definition) is 2. The van der Waals surface area contributed by atoms with Crippen molar-refractivity contribution in [1.82, 2.24) is 0 Å². The highest BCUT2D eigenvalue weighted by atomic mass is 79.9. The lowest BCUT2D eigenvalue weighted by molar-refractivity contribution is 0.304. The Morgan fingerprint density at radius 2 is 1.90 bits per heavy atom. The van der Waals surface area contributed by atoms with Crippen molar-refractivity contribution in [2.24, 2.45) is 5.73 Å². The van der Waals surface area contributed by atoms with E-state index >= 15 is 0 Å². The number of benzene rings is 2. The summed E-state index contributed by atoms with van der Waals surface area (Å²) in [5.41, 5.74) is 7.15. The number of halogens is 1. The minimum Gasteiger partial charge on any atom is -0.497 e. The van der Waals surface area contributed by atoms with E-state index in [2.05, 4.69) is 15.9 Å². The number of methoxy groups -OCH3 is 1. The molecule has 0 aromatic heterocycles. The van der Waals surface area contributed by atoms with E-state index in [9.17, 15) is 0 Å². The zero-order chi connectivity index (χ0) is 14.5. The minimum absolute atomic E-state index is 0.0346. The van der Waals surface area contributed by atoms with Crippen molar-refractivity contribution >= 4 is 21.8 Å². The van der Waals surface area contributed by atoms with Gasteiger partial charge in [0.2, 0.25) is 0 Å². The first-order chi connectivity index (χ1) is 9.60. The number of nitrogens with one attached hydrogen (secondary N) is 1. The molecule has 2 aromatic carbocycles. The third-order valence-electron chi connectivity index (χ3n) is 2.80. The van der Waals surface area contributed by atoms with Crippen LogP contribution in [0.15, 0.2) is 46.9 Å². The molecule has 0 aliphatic heterocycles. The maximum Gasteiger partial charge on any atom is 0.134 e. The molecule has 3 N–H and O–H groups in total. The van der Waals surface area contributed by atoms with Crippen molar-refractivity contribution in [1.29, 1.82) is 5.41 Å². The molecule has 4 nitrogen and oxygen atoms in total. The molecule has 0 heterocycles. The molecule has 20 heavy (non-hydrogen) atoms. The Labute approximate surface area is 126 Å². The van der Waals surface area contributed by atoms with Gasteiger partial charge in [0.15, 0.2) is 0 Å². The van der Waals surface area contributed by atoms with Gasteiger partial charge >= 0.3 is 0 Å². The fourth-order valence-electron chi connectivity index (χ4n) is 1.67. The van der Waals surface area contributed by atoms with E-state index in [0.29, 0.717) is 17.9 Å². The van der Waals surface area contributed by atoms with E-state index in [0.717, 1.165) is 15.8 Å². The molecule has 0 amide bonds. The number of ether oxygens (including phenoxy) is 2. The van der Waals surface area contributed by atoms with E-state index in [1.807, 2.05) is 24.3 Å². The van der Waals surface area contributed by atoms with Gasteiger partial charge in [0, 0.05) is 5.56 Å². The summed E-state index contributed by atoms with van der Waals surface area (Å²) in [7, 11) is 1.64. The average molecular weight is 335 g/mol. The molecule has 0 aliphatic rings. The van der Waals surface area contributed by atoms with Gasteiger partial charge < -0.3 is 15.2 Å². The van der Waals surface area contributed by atoms with Crippen molar-refractivity contribution in [2.75, 3.05) is 7.11 Å². The monoisotopic (exact) mass is 334 g/mol. The summed E-state index contributed by atoms with van der Waals surface area (Å²) in [5.74, 6) is 1.57. The molecule has 0 unspecified atom stereocenters. The largest absolute Gasteiger partial charge is 0.497 e. The standard InChI is InChI=1S/C15H15BrN2O2/c1-19-12-5-2-10(3-6-12)9-20-14-7-4-11(15(17)18)8-13(14)16/h2-8H,9H2,1H3,(H3,17,18). The van der Waals surface area contributed by atoms with Crippen LogP contribution < -0.4 is 15.2 Å². The summed E-state index contributed by atoms with van der Waals surface area (Å²) in [6.07, 6.45) is 0. The van der Waals surface area contributed by atoms with Crippen LogP contribution in [0.1, 0.15) is 11.1 Å². The van der Waals surface area contributed by atoms with Crippen LogP contribution in [0.2, 0.25) is 0 Å². The first-order valence-corrected chi connectivity index (χ1v) is 6.79. The van der Waals surface area contributed by atoms with Gasteiger partial charge in [-0.3, -0.25) is 5.41 Å². The molecule has 0 bridgehead atoms. The highest BCUT2D eigenvalue weighted by Gasteiger charge is 2.05. The van der Waals surface area contributed by atoms with Crippen molar-refractivity contribution in [3.05, 3.63) is 58.1 Å². The van der Waals surface area contributed by atoms with Crippen molar-refractivity contribution in [2.45, 2.75) is 6.61 Å². The lowest BCUT2D eigenvalue weighted by Crippen LogP contribution is -2.10.